The van der Waals surface area contributed by atoms with Gasteiger partial charge in [-0.05, 0) is 26.1 Å². The Labute approximate surface area is 126 Å². The van der Waals surface area contributed by atoms with Crippen LogP contribution in [0.2, 0.25) is 0 Å². The van der Waals surface area contributed by atoms with Gasteiger partial charge in [-0.2, -0.15) is 0 Å². The van der Waals surface area contributed by atoms with Crippen LogP contribution in [0.4, 0.5) is 0 Å². The van der Waals surface area contributed by atoms with Gasteiger partial charge in [-0.15, -0.1) is 12.4 Å². The molecule has 1 atom stereocenters. The summed E-state index contributed by atoms with van der Waals surface area (Å²) in [7, 11) is -5.73. The molecule has 1 rings (SSSR count). The molecule has 0 amide bonds. The van der Waals surface area contributed by atoms with Crippen molar-refractivity contribution in [1.82, 2.24) is 10.0 Å². The largest absolute Gasteiger partial charge is 0.316 e. The Morgan fingerprint density at radius 1 is 1.10 bits per heavy atom. The molecular weight excluding hydrogens is 324 g/mol. The normalized spacial score (nSPS) is 13.6. The summed E-state index contributed by atoms with van der Waals surface area (Å²) >= 11 is 0. The molecule has 0 aliphatic carbocycles. The third-order valence-corrected chi connectivity index (χ3v) is 5.38. The van der Waals surface area contributed by atoms with Crippen LogP contribution in [0.5, 0.6) is 0 Å². The molecule has 9 heteroatoms. The van der Waals surface area contributed by atoms with Gasteiger partial charge in [-0.25, -0.2) is 21.6 Å². The van der Waals surface area contributed by atoms with Crippen LogP contribution < -0.4 is 10.0 Å². The van der Waals surface area contributed by atoms with E-state index in [0.717, 1.165) is 6.26 Å². The molecule has 0 fully saturated rings. The monoisotopic (exact) mass is 342 g/mol. The van der Waals surface area contributed by atoms with Crippen LogP contribution in [-0.4, -0.2) is 42.7 Å². The van der Waals surface area contributed by atoms with Crippen LogP contribution >= 0.6 is 12.4 Å². The third-order valence-electron chi connectivity index (χ3n) is 2.61. The highest BCUT2D eigenvalue weighted by Gasteiger charge is 2.23. The van der Waals surface area contributed by atoms with Crippen molar-refractivity contribution < 1.29 is 16.8 Å². The first kappa shape index (κ1) is 19.3. The Morgan fingerprint density at radius 2 is 1.60 bits per heavy atom. The minimum atomic E-state index is -3.85. The Balaban J connectivity index is 0.00000361. The number of likely N-dealkylation sites (N-methyl/N-ethyl adjacent to an activating group) is 1. The van der Waals surface area contributed by atoms with Crippen molar-refractivity contribution in [3.8, 4) is 0 Å². The summed E-state index contributed by atoms with van der Waals surface area (Å²) in [6, 6.07) is 5.49. The van der Waals surface area contributed by atoms with Crippen molar-refractivity contribution in [3.05, 3.63) is 24.3 Å². The lowest BCUT2D eigenvalue weighted by molar-refractivity contribution is 0.551. The Hall–Kier alpha value is -0.670. The molecule has 0 aromatic heterocycles. The molecule has 1 aromatic carbocycles. The van der Waals surface area contributed by atoms with Gasteiger partial charge >= 0.3 is 0 Å². The first-order valence-electron chi connectivity index (χ1n) is 5.64. The van der Waals surface area contributed by atoms with E-state index in [4.69, 9.17) is 0 Å². The van der Waals surface area contributed by atoms with E-state index in [9.17, 15) is 16.8 Å². The van der Waals surface area contributed by atoms with Gasteiger partial charge in [0.25, 0.3) is 0 Å². The van der Waals surface area contributed by atoms with Crippen molar-refractivity contribution in [2.24, 2.45) is 0 Å². The van der Waals surface area contributed by atoms with Gasteiger partial charge in [-0.1, -0.05) is 12.1 Å². The maximum Gasteiger partial charge on any atom is 0.241 e. The lowest BCUT2D eigenvalue weighted by atomic mass is 10.4. The number of hydrogen-bond acceptors (Lipinski definition) is 5. The molecule has 0 saturated heterocycles. The molecule has 0 aliphatic rings. The van der Waals surface area contributed by atoms with E-state index in [1.807, 2.05) is 6.92 Å². The predicted octanol–water partition coefficient (Wildman–Crippen LogP) is 0.398. The minimum absolute atomic E-state index is 0. The van der Waals surface area contributed by atoms with E-state index in [2.05, 4.69) is 10.0 Å². The number of sulfone groups is 1. The number of hydrogen-bond donors (Lipinski definition) is 2. The van der Waals surface area contributed by atoms with Crippen LogP contribution in [0.3, 0.4) is 0 Å². The summed E-state index contributed by atoms with van der Waals surface area (Å²) in [6.07, 6.45) is 0.984. The van der Waals surface area contributed by atoms with Crippen LogP contribution in [0.25, 0.3) is 0 Å². The third kappa shape index (κ3) is 5.02. The van der Waals surface area contributed by atoms with Crippen molar-refractivity contribution in [2.75, 3.05) is 19.8 Å². The number of halogens is 1. The van der Waals surface area contributed by atoms with E-state index in [0.29, 0.717) is 0 Å². The number of benzene rings is 1. The molecule has 116 valence electrons. The van der Waals surface area contributed by atoms with E-state index >= 15 is 0 Å². The number of rotatable bonds is 6. The highest BCUT2D eigenvalue weighted by Crippen LogP contribution is 2.20. The van der Waals surface area contributed by atoms with Crippen LogP contribution in [0.15, 0.2) is 34.1 Å². The van der Waals surface area contributed by atoms with Crippen molar-refractivity contribution in [1.29, 1.82) is 0 Å². The molecule has 0 aliphatic heterocycles. The van der Waals surface area contributed by atoms with Crippen molar-refractivity contribution >= 4 is 32.3 Å². The molecule has 2 N–H and O–H groups in total. The quantitative estimate of drug-likeness (QED) is 0.780. The highest BCUT2D eigenvalue weighted by molar-refractivity contribution is 7.93. The molecule has 1 aromatic rings. The zero-order chi connectivity index (χ0) is 14.7. The minimum Gasteiger partial charge on any atom is -0.316 e. The summed E-state index contributed by atoms with van der Waals surface area (Å²) in [5, 5.41) is 2.89. The summed E-state index contributed by atoms with van der Waals surface area (Å²) < 4.78 is 49.8. The summed E-state index contributed by atoms with van der Waals surface area (Å²) in [5.41, 5.74) is 0. The zero-order valence-electron chi connectivity index (χ0n) is 11.5. The zero-order valence-corrected chi connectivity index (χ0v) is 13.9. The molecular formula is C11H19ClN2O4S2. The first-order valence-corrected chi connectivity index (χ1v) is 9.02. The van der Waals surface area contributed by atoms with Gasteiger partial charge in [0.15, 0.2) is 9.84 Å². The van der Waals surface area contributed by atoms with Crippen LogP contribution in [-0.2, 0) is 19.9 Å². The maximum atomic E-state index is 12.1. The molecule has 20 heavy (non-hydrogen) atoms. The van der Waals surface area contributed by atoms with Crippen molar-refractivity contribution in [3.63, 3.8) is 0 Å². The summed E-state index contributed by atoms with van der Waals surface area (Å²) in [4.78, 5) is -0.416. The highest BCUT2D eigenvalue weighted by atomic mass is 35.5. The predicted molar refractivity (Wildman–Crippen MR) is 80.5 cm³/mol. The second-order valence-corrected chi connectivity index (χ2v) is 7.98. The number of nitrogens with one attached hydrogen (secondary N) is 2. The average molecular weight is 343 g/mol. The smallest absolute Gasteiger partial charge is 0.241 e. The lowest BCUT2D eigenvalue weighted by Gasteiger charge is -2.13. The standard InChI is InChI=1S/C11H18N2O4S2.ClH/c1-9(12-2)8-13-19(16,17)11-7-5-4-6-10(11)18(3,14)15;/h4-7,9,12-13H,8H2,1-3H3;1H. The Morgan fingerprint density at radius 3 is 2.05 bits per heavy atom. The molecule has 0 bridgehead atoms. The Bertz CT molecular complexity index is 644. The fraction of sp³-hybridized carbons (Fsp3) is 0.455. The van der Waals surface area contributed by atoms with Gasteiger partial charge in [0.2, 0.25) is 10.0 Å². The van der Waals surface area contributed by atoms with Gasteiger partial charge in [0.05, 0.1) is 4.90 Å². The average Bonchev–Trinajstić information content (AvgIpc) is 2.35. The molecule has 0 radical (unpaired) electrons. The topological polar surface area (TPSA) is 92.3 Å². The molecule has 6 nitrogen and oxygen atoms in total. The molecule has 0 saturated carbocycles. The first-order chi connectivity index (χ1) is 8.68. The summed E-state index contributed by atoms with van der Waals surface area (Å²) in [6.45, 7) is 1.99. The fourth-order valence-electron chi connectivity index (χ4n) is 1.39. The van der Waals surface area contributed by atoms with Crippen LogP contribution in [0, 0.1) is 0 Å². The lowest BCUT2D eigenvalue weighted by Crippen LogP contribution is -2.37. The van der Waals surface area contributed by atoms with Gasteiger partial charge in [0.1, 0.15) is 4.90 Å². The number of sulfonamides is 1. The summed E-state index contributed by atoms with van der Waals surface area (Å²) in [5.74, 6) is 0. The maximum absolute atomic E-state index is 12.1. The van der Waals surface area contributed by atoms with E-state index in [1.165, 1.54) is 24.3 Å². The van der Waals surface area contributed by atoms with E-state index in [-0.39, 0.29) is 34.8 Å². The van der Waals surface area contributed by atoms with Gasteiger partial charge < -0.3 is 5.32 Å². The molecule has 1 unspecified atom stereocenters. The second kappa shape index (κ2) is 7.37. The molecule has 0 spiro atoms. The molecule has 0 heterocycles. The second-order valence-electron chi connectivity index (χ2n) is 4.26. The van der Waals surface area contributed by atoms with Gasteiger partial charge in [0, 0.05) is 18.8 Å². The van der Waals surface area contributed by atoms with E-state index in [1.54, 1.807) is 7.05 Å². The SMILES string of the molecule is CNC(C)CNS(=O)(=O)c1ccccc1S(C)(=O)=O.Cl. The van der Waals surface area contributed by atoms with E-state index < -0.39 is 19.9 Å². The van der Waals surface area contributed by atoms with Gasteiger partial charge in [-0.3, -0.25) is 0 Å². The fourth-order valence-corrected chi connectivity index (χ4v) is 4.15. The van der Waals surface area contributed by atoms with Crippen LogP contribution in [0.1, 0.15) is 6.92 Å². The Kier molecular flexibility index (Phi) is 7.12. The van der Waals surface area contributed by atoms with Crippen molar-refractivity contribution in [2.45, 2.75) is 22.8 Å².